The van der Waals surface area contributed by atoms with Gasteiger partial charge in [0.15, 0.2) is 0 Å². The molecule has 4 atom stereocenters. The minimum Gasteiger partial charge on any atom is -0.426 e. The van der Waals surface area contributed by atoms with Crippen LogP contribution in [0.1, 0.15) is 24.2 Å². The number of carbonyl (C=O) groups is 1. The van der Waals surface area contributed by atoms with Gasteiger partial charge in [-0.15, -0.1) is 0 Å². The van der Waals surface area contributed by atoms with E-state index in [9.17, 15) is 4.79 Å². The summed E-state index contributed by atoms with van der Waals surface area (Å²) in [5.41, 5.74) is 2.23. The summed E-state index contributed by atoms with van der Waals surface area (Å²) in [6, 6.07) is 18.0. The molecule has 2 aromatic rings. The second kappa shape index (κ2) is 5.25. The fraction of sp³-hybridized carbons (Fsp3) is 0.316. The van der Waals surface area contributed by atoms with Gasteiger partial charge in [0, 0.05) is 5.56 Å². The molecule has 4 rings (SSSR count). The third-order valence-electron chi connectivity index (χ3n) is 4.79. The lowest BCUT2D eigenvalue weighted by molar-refractivity contribution is -0.144. The van der Waals surface area contributed by atoms with Crippen LogP contribution in [-0.2, 0) is 16.0 Å². The fourth-order valence-electron chi connectivity index (χ4n) is 3.57. The van der Waals surface area contributed by atoms with E-state index in [-0.39, 0.29) is 30.0 Å². The standard InChI is InChI=1S/C19H18O3/c1-12-16(11-13-7-3-2-4-8-13)21-18-14-9-5-6-10-15(14)22-19(20)17(12)18/h2-10,12,16-18H,11H2,1H3/t12-,16-,17+,18+/m1/s1. The molecule has 2 aliphatic heterocycles. The molecular weight excluding hydrogens is 276 g/mol. The first-order valence-electron chi connectivity index (χ1n) is 7.74. The van der Waals surface area contributed by atoms with Crippen molar-refractivity contribution in [3.63, 3.8) is 0 Å². The SMILES string of the molecule is C[C@H]1[C@@H]2C(=O)Oc3ccccc3[C@@H]2O[C@@H]1Cc1ccccc1. The average molecular weight is 294 g/mol. The summed E-state index contributed by atoms with van der Waals surface area (Å²) in [6.07, 6.45) is 0.682. The van der Waals surface area contributed by atoms with Gasteiger partial charge in [0.05, 0.1) is 12.0 Å². The van der Waals surface area contributed by atoms with Crippen LogP contribution in [0.15, 0.2) is 54.6 Å². The minimum absolute atomic E-state index is 0.0381. The van der Waals surface area contributed by atoms with Gasteiger partial charge in [-0.25, -0.2) is 0 Å². The molecule has 0 unspecified atom stereocenters. The highest BCUT2D eigenvalue weighted by Crippen LogP contribution is 2.49. The molecule has 1 fully saturated rings. The monoisotopic (exact) mass is 294 g/mol. The Kier molecular flexibility index (Phi) is 3.23. The van der Waals surface area contributed by atoms with Crippen molar-refractivity contribution in [1.82, 2.24) is 0 Å². The Morgan fingerprint density at radius 1 is 1.00 bits per heavy atom. The molecular formula is C19H18O3. The van der Waals surface area contributed by atoms with Crippen LogP contribution in [0.5, 0.6) is 5.75 Å². The number of rotatable bonds is 2. The highest BCUT2D eigenvalue weighted by atomic mass is 16.6. The lowest BCUT2D eigenvalue weighted by Crippen LogP contribution is -2.32. The summed E-state index contributed by atoms with van der Waals surface area (Å²) < 4.78 is 11.8. The second-order valence-electron chi connectivity index (χ2n) is 6.13. The van der Waals surface area contributed by atoms with Crippen LogP contribution in [0.2, 0.25) is 0 Å². The summed E-state index contributed by atoms with van der Waals surface area (Å²) >= 11 is 0. The van der Waals surface area contributed by atoms with E-state index in [4.69, 9.17) is 9.47 Å². The van der Waals surface area contributed by atoms with E-state index >= 15 is 0 Å². The van der Waals surface area contributed by atoms with Crippen LogP contribution in [0.25, 0.3) is 0 Å². The molecule has 0 aromatic heterocycles. The Morgan fingerprint density at radius 2 is 1.73 bits per heavy atom. The Balaban J connectivity index is 1.64. The van der Waals surface area contributed by atoms with Crippen molar-refractivity contribution in [2.75, 3.05) is 0 Å². The molecule has 0 saturated carbocycles. The van der Waals surface area contributed by atoms with Crippen molar-refractivity contribution in [3.05, 3.63) is 65.7 Å². The predicted molar refractivity (Wildman–Crippen MR) is 82.5 cm³/mol. The maximum Gasteiger partial charge on any atom is 0.317 e. The molecule has 0 bridgehead atoms. The van der Waals surface area contributed by atoms with E-state index < -0.39 is 0 Å². The molecule has 0 radical (unpaired) electrons. The van der Waals surface area contributed by atoms with Crippen LogP contribution >= 0.6 is 0 Å². The van der Waals surface area contributed by atoms with E-state index in [0.717, 1.165) is 12.0 Å². The first-order chi connectivity index (χ1) is 10.7. The molecule has 0 aliphatic carbocycles. The number of hydrogen-bond donors (Lipinski definition) is 0. The summed E-state index contributed by atoms with van der Waals surface area (Å²) in [6.45, 7) is 2.09. The molecule has 112 valence electrons. The molecule has 0 spiro atoms. The van der Waals surface area contributed by atoms with Crippen LogP contribution in [-0.4, -0.2) is 12.1 Å². The van der Waals surface area contributed by atoms with Gasteiger partial charge in [0.25, 0.3) is 0 Å². The number of benzene rings is 2. The molecule has 0 N–H and O–H groups in total. The highest BCUT2D eigenvalue weighted by molar-refractivity contribution is 5.79. The highest BCUT2D eigenvalue weighted by Gasteiger charge is 2.50. The first kappa shape index (κ1) is 13.5. The zero-order valence-electron chi connectivity index (χ0n) is 12.4. The van der Waals surface area contributed by atoms with Gasteiger partial charge in [0.1, 0.15) is 11.9 Å². The largest absolute Gasteiger partial charge is 0.426 e. The molecule has 0 amide bonds. The normalized spacial score (nSPS) is 29.6. The van der Waals surface area contributed by atoms with Crippen LogP contribution in [0.4, 0.5) is 0 Å². The van der Waals surface area contributed by atoms with Crippen LogP contribution in [0, 0.1) is 11.8 Å². The molecule has 3 nitrogen and oxygen atoms in total. The van der Waals surface area contributed by atoms with E-state index in [2.05, 4.69) is 19.1 Å². The summed E-state index contributed by atoms with van der Waals surface area (Å²) in [5.74, 6) is 0.419. The van der Waals surface area contributed by atoms with Gasteiger partial charge < -0.3 is 9.47 Å². The quantitative estimate of drug-likeness (QED) is 0.628. The lowest BCUT2D eigenvalue weighted by Gasteiger charge is -2.26. The zero-order valence-corrected chi connectivity index (χ0v) is 12.4. The molecule has 2 aromatic carbocycles. The first-order valence-corrected chi connectivity index (χ1v) is 7.74. The summed E-state index contributed by atoms with van der Waals surface area (Å²) in [5, 5.41) is 0. The van der Waals surface area contributed by atoms with Crippen molar-refractivity contribution in [2.24, 2.45) is 11.8 Å². The average Bonchev–Trinajstić information content (AvgIpc) is 2.86. The smallest absolute Gasteiger partial charge is 0.317 e. The van der Waals surface area contributed by atoms with Crippen molar-refractivity contribution < 1.29 is 14.3 Å². The maximum atomic E-state index is 12.3. The van der Waals surface area contributed by atoms with E-state index in [1.54, 1.807) is 0 Å². The van der Waals surface area contributed by atoms with Crippen molar-refractivity contribution in [2.45, 2.75) is 25.6 Å². The Bertz CT molecular complexity index is 695. The molecule has 2 heterocycles. The van der Waals surface area contributed by atoms with Crippen molar-refractivity contribution in [1.29, 1.82) is 0 Å². The zero-order chi connectivity index (χ0) is 15.1. The van der Waals surface area contributed by atoms with E-state index in [0.29, 0.717) is 5.75 Å². The van der Waals surface area contributed by atoms with Gasteiger partial charge in [0.2, 0.25) is 0 Å². The third kappa shape index (κ3) is 2.13. The number of esters is 1. The van der Waals surface area contributed by atoms with Crippen molar-refractivity contribution in [3.8, 4) is 5.75 Å². The second-order valence-corrected chi connectivity index (χ2v) is 6.13. The number of carbonyl (C=O) groups excluding carboxylic acids is 1. The molecule has 3 heteroatoms. The predicted octanol–water partition coefficient (Wildman–Crippen LogP) is 3.54. The summed E-state index contributed by atoms with van der Waals surface area (Å²) in [7, 11) is 0. The van der Waals surface area contributed by atoms with Gasteiger partial charge >= 0.3 is 5.97 Å². The lowest BCUT2D eigenvalue weighted by atomic mass is 9.83. The van der Waals surface area contributed by atoms with Crippen LogP contribution in [0.3, 0.4) is 0 Å². The Labute approximate surface area is 129 Å². The topological polar surface area (TPSA) is 35.5 Å². The van der Waals surface area contributed by atoms with E-state index in [1.807, 2.05) is 42.5 Å². The number of ether oxygens (including phenoxy) is 2. The van der Waals surface area contributed by atoms with Crippen molar-refractivity contribution >= 4 is 5.97 Å². The van der Waals surface area contributed by atoms with Gasteiger partial charge in [-0.3, -0.25) is 4.79 Å². The molecule has 22 heavy (non-hydrogen) atoms. The van der Waals surface area contributed by atoms with E-state index in [1.165, 1.54) is 5.56 Å². The number of hydrogen-bond acceptors (Lipinski definition) is 3. The maximum absolute atomic E-state index is 12.3. The van der Waals surface area contributed by atoms with Gasteiger partial charge in [-0.2, -0.15) is 0 Å². The van der Waals surface area contributed by atoms with Crippen LogP contribution < -0.4 is 4.74 Å². The summed E-state index contributed by atoms with van der Waals surface area (Å²) in [4.78, 5) is 12.3. The fourth-order valence-corrected chi connectivity index (χ4v) is 3.57. The minimum atomic E-state index is -0.205. The number of para-hydroxylation sites is 1. The molecule has 1 saturated heterocycles. The Morgan fingerprint density at radius 3 is 2.55 bits per heavy atom. The number of fused-ring (bicyclic) bond motifs is 3. The Hall–Kier alpha value is -2.13. The molecule has 2 aliphatic rings. The van der Waals surface area contributed by atoms with Gasteiger partial charge in [-0.1, -0.05) is 55.5 Å². The van der Waals surface area contributed by atoms with Gasteiger partial charge in [-0.05, 0) is 24.0 Å². The third-order valence-corrected chi connectivity index (χ3v) is 4.79.